The van der Waals surface area contributed by atoms with E-state index in [1.165, 1.54) is 19.7 Å². The van der Waals surface area contributed by atoms with Crippen molar-refractivity contribution in [1.29, 1.82) is 5.26 Å². The van der Waals surface area contributed by atoms with Gasteiger partial charge in [0.05, 0.1) is 18.7 Å². The molecule has 106 valence electrons. The maximum absolute atomic E-state index is 8.64. The number of nitrogens with zero attached hydrogens (tertiary/aromatic N) is 4. The Morgan fingerprint density at radius 3 is 2.76 bits per heavy atom. The van der Waals surface area contributed by atoms with Crippen molar-refractivity contribution in [3.63, 3.8) is 0 Å². The van der Waals surface area contributed by atoms with E-state index in [2.05, 4.69) is 26.0 Å². The largest absolute Gasteiger partial charge is 0.438 e. The Balaban J connectivity index is 2.25. The number of nitriles is 1. The molecule has 1 aromatic carbocycles. The third kappa shape index (κ3) is 3.67. The highest BCUT2D eigenvalue weighted by Crippen LogP contribution is 2.24. The molecule has 0 saturated heterocycles. The molecule has 21 heavy (non-hydrogen) atoms. The summed E-state index contributed by atoms with van der Waals surface area (Å²) in [6, 6.07) is 9.21. The van der Waals surface area contributed by atoms with Gasteiger partial charge < -0.3 is 15.3 Å². The van der Waals surface area contributed by atoms with Gasteiger partial charge in [-0.15, -0.1) is 0 Å². The van der Waals surface area contributed by atoms with Crippen LogP contribution in [-0.4, -0.2) is 23.3 Å². The fourth-order valence-electron chi connectivity index (χ4n) is 1.58. The average molecular weight is 283 g/mol. The first-order valence-electron chi connectivity index (χ1n) is 6.05. The Morgan fingerprint density at radius 2 is 2.10 bits per heavy atom. The van der Waals surface area contributed by atoms with Crippen LogP contribution < -0.4 is 10.5 Å². The third-order valence-electron chi connectivity index (χ3n) is 2.59. The maximum atomic E-state index is 8.64. The van der Waals surface area contributed by atoms with E-state index in [4.69, 9.17) is 15.7 Å². The van der Waals surface area contributed by atoms with Gasteiger partial charge in [0.15, 0.2) is 0 Å². The zero-order chi connectivity index (χ0) is 15.1. The van der Waals surface area contributed by atoms with Gasteiger partial charge in [-0.2, -0.15) is 5.26 Å². The molecule has 0 aliphatic heterocycles. The van der Waals surface area contributed by atoms with Crippen molar-refractivity contribution in [2.45, 2.75) is 6.42 Å². The molecule has 1 aromatic heterocycles. The number of anilines is 1. The topological polar surface area (TPSA) is 106 Å². The summed E-state index contributed by atoms with van der Waals surface area (Å²) in [5.74, 6) is 1.08. The number of benzene rings is 1. The lowest BCUT2D eigenvalue weighted by molar-refractivity contribution is 0.215. The molecular weight excluding hydrogens is 270 g/mol. The molecule has 7 nitrogen and oxygen atoms in total. The van der Waals surface area contributed by atoms with Crippen molar-refractivity contribution >= 4 is 12.0 Å². The van der Waals surface area contributed by atoms with Crippen LogP contribution in [0.1, 0.15) is 11.1 Å². The lowest BCUT2D eigenvalue weighted by Crippen LogP contribution is -2.02. The monoisotopic (exact) mass is 283 g/mol. The highest BCUT2D eigenvalue weighted by atomic mass is 16.6. The molecule has 2 rings (SSSR count). The van der Waals surface area contributed by atoms with Crippen molar-refractivity contribution in [2.75, 3.05) is 12.8 Å². The molecule has 0 fully saturated rings. The number of oxime groups is 1. The summed E-state index contributed by atoms with van der Waals surface area (Å²) < 4.78 is 5.66. The number of aromatic nitrogens is 2. The zero-order valence-corrected chi connectivity index (χ0v) is 11.4. The molecule has 0 unspecified atom stereocenters. The molecule has 0 aliphatic carbocycles. The van der Waals surface area contributed by atoms with Crippen LogP contribution in [-0.2, 0) is 11.3 Å². The minimum absolute atomic E-state index is 0.238. The van der Waals surface area contributed by atoms with Crippen LogP contribution in [0.15, 0.2) is 35.7 Å². The number of rotatable bonds is 5. The van der Waals surface area contributed by atoms with E-state index in [0.29, 0.717) is 17.7 Å². The molecule has 2 aromatic rings. The average Bonchev–Trinajstić information content (AvgIpc) is 2.49. The predicted octanol–water partition coefficient (Wildman–Crippen LogP) is 1.90. The second-order valence-corrected chi connectivity index (χ2v) is 3.98. The van der Waals surface area contributed by atoms with Gasteiger partial charge >= 0.3 is 0 Å². The van der Waals surface area contributed by atoms with Crippen molar-refractivity contribution in [3.05, 3.63) is 41.7 Å². The smallest absolute Gasteiger partial charge is 0.233 e. The number of nitrogens with two attached hydrogens (primary N) is 1. The quantitative estimate of drug-likeness (QED) is 0.663. The normalized spacial score (nSPS) is 10.3. The molecule has 2 N–H and O–H groups in total. The SMILES string of the molecule is CO/N=C/c1c(N)ncnc1Oc1ccc(CC#N)cc1. The Morgan fingerprint density at radius 1 is 1.33 bits per heavy atom. The van der Waals surface area contributed by atoms with Gasteiger partial charge in [-0.3, -0.25) is 0 Å². The van der Waals surface area contributed by atoms with Crippen LogP contribution in [0.2, 0.25) is 0 Å². The lowest BCUT2D eigenvalue weighted by atomic mass is 10.2. The van der Waals surface area contributed by atoms with Gasteiger partial charge in [-0.1, -0.05) is 17.3 Å². The van der Waals surface area contributed by atoms with Gasteiger partial charge in [0.25, 0.3) is 0 Å². The Hall–Kier alpha value is -3.14. The zero-order valence-electron chi connectivity index (χ0n) is 11.4. The van der Waals surface area contributed by atoms with E-state index in [1.54, 1.807) is 12.1 Å². The number of ether oxygens (including phenoxy) is 1. The summed E-state index contributed by atoms with van der Waals surface area (Å²) in [6.07, 6.45) is 3.04. The van der Waals surface area contributed by atoms with Crippen LogP contribution in [0.3, 0.4) is 0 Å². The summed E-state index contributed by atoms with van der Waals surface area (Å²) in [4.78, 5) is 12.5. The van der Waals surface area contributed by atoms with Crippen LogP contribution in [0.5, 0.6) is 11.6 Å². The van der Waals surface area contributed by atoms with E-state index >= 15 is 0 Å². The maximum Gasteiger partial charge on any atom is 0.233 e. The van der Waals surface area contributed by atoms with E-state index in [1.807, 2.05) is 12.1 Å². The standard InChI is InChI=1S/C14H13N5O2/c1-20-19-8-12-13(16)17-9-18-14(12)21-11-4-2-10(3-5-11)6-7-15/h2-5,8-9H,6H2,1H3,(H2,16,17,18)/b19-8+. The summed E-state index contributed by atoms with van der Waals surface area (Å²) in [5, 5.41) is 12.3. The van der Waals surface area contributed by atoms with Gasteiger partial charge in [0.2, 0.25) is 5.88 Å². The van der Waals surface area contributed by atoms with Crippen LogP contribution >= 0.6 is 0 Å². The molecule has 0 saturated carbocycles. The van der Waals surface area contributed by atoms with Gasteiger partial charge in [-0.05, 0) is 17.7 Å². The Bertz CT molecular complexity index is 677. The third-order valence-corrected chi connectivity index (χ3v) is 2.59. The van der Waals surface area contributed by atoms with Gasteiger partial charge in [-0.25, -0.2) is 9.97 Å². The minimum Gasteiger partial charge on any atom is -0.438 e. The van der Waals surface area contributed by atoms with Crippen molar-refractivity contribution in [3.8, 4) is 17.7 Å². The highest BCUT2D eigenvalue weighted by Gasteiger charge is 2.10. The molecule has 1 heterocycles. The second kappa shape index (κ2) is 6.86. The Kier molecular flexibility index (Phi) is 4.66. The van der Waals surface area contributed by atoms with Crippen molar-refractivity contribution in [1.82, 2.24) is 9.97 Å². The summed E-state index contributed by atoms with van der Waals surface area (Å²) in [5.41, 5.74) is 7.11. The number of hydrogen-bond acceptors (Lipinski definition) is 7. The molecule has 0 radical (unpaired) electrons. The van der Waals surface area contributed by atoms with E-state index in [0.717, 1.165) is 5.56 Å². The molecule has 0 bridgehead atoms. The molecule has 0 spiro atoms. The van der Waals surface area contributed by atoms with E-state index in [9.17, 15) is 0 Å². The first kappa shape index (κ1) is 14.3. The fraction of sp³-hybridized carbons (Fsp3) is 0.143. The number of hydrogen-bond donors (Lipinski definition) is 1. The lowest BCUT2D eigenvalue weighted by Gasteiger charge is -2.08. The fourth-order valence-corrected chi connectivity index (χ4v) is 1.58. The van der Waals surface area contributed by atoms with Crippen molar-refractivity contribution < 1.29 is 9.57 Å². The second-order valence-electron chi connectivity index (χ2n) is 3.98. The highest BCUT2D eigenvalue weighted by molar-refractivity contribution is 5.88. The summed E-state index contributed by atoms with van der Waals surface area (Å²) in [6.45, 7) is 0. The first-order chi connectivity index (χ1) is 10.2. The molecular formula is C14H13N5O2. The van der Waals surface area contributed by atoms with Crippen LogP contribution in [0, 0.1) is 11.3 Å². The van der Waals surface area contributed by atoms with Crippen LogP contribution in [0.4, 0.5) is 5.82 Å². The number of nitrogen functional groups attached to an aromatic ring is 1. The van der Waals surface area contributed by atoms with Gasteiger partial charge in [0, 0.05) is 0 Å². The molecule has 0 atom stereocenters. The van der Waals surface area contributed by atoms with E-state index < -0.39 is 0 Å². The summed E-state index contributed by atoms with van der Waals surface area (Å²) >= 11 is 0. The predicted molar refractivity (Wildman–Crippen MR) is 76.9 cm³/mol. The minimum atomic E-state index is 0.238. The molecule has 7 heteroatoms. The first-order valence-corrected chi connectivity index (χ1v) is 6.05. The Labute approximate surface area is 121 Å². The van der Waals surface area contributed by atoms with Crippen LogP contribution in [0.25, 0.3) is 0 Å². The molecule has 0 amide bonds. The van der Waals surface area contributed by atoms with Crippen molar-refractivity contribution in [2.24, 2.45) is 5.16 Å². The van der Waals surface area contributed by atoms with Gasteiger partial charge in [0.1, 0.15) is 30.6 Å². The van der Waals surface area contributed by atoms with E-state index in [-0.39, 0.29) is 11.7 Å². The molecule has 0 aliphatic rings. The summed E-state index contributed by atoms with van der Waals surface area (Å²) in [7, 11) is 1.42.